The average molecular weight is 433 g/mol. The van der Waals surface area contributed by atoms with E-state index in [4.69, 9.17) is 27.9 Å². The Morgan fingerprint density at radius 1 is 1.00 bits per heavy atom. The van der Waals surface area contributed by atoms with Crippen LogP contribution >= 0.6 is 23.2 Å². The van der Waals surface area contributed by atoms with E-state index in [0.717, 1.165) is 43.7 Å². The molecule has 2 aromatic carbocycles. The molecule has 2 aromatic rings. The van der Waals surface area contributed by atoms with Crippen molar-refractivity contribution >= 4 is 40.7 Å². The van der Waals surface area contributed by atoms with Gasteiger partial charge in [0.25, 0.3) is 5.91 Å². The van der Waals surface area contributed by atoms with Crippen LogP contribution < -0.4 is 10.1 Å². The number of carbonyl (C=O) groups is 2. The lowest BCUT2D eigenvalue weighted by molar-refractivity contribution is -0.121. The van der Waals surface area contributed by atoms with Crippen molar-refractivity contribution in [3.63, 3.8) is 0 Å². The first kappa shape index (κ1) is 20.0. The Morgan fingerprint density at radius 2 is 1.72 bits per heavy atom. The molecule has 0 bridgehead atoms. The molecule has 1 unspecified atom stereocenters. The molecule has 152 valence electrons. The number of piperidine rings is 1. The van der Waals surface area contributed by atoms with E-state index in [2.05, 4.69) is 5.32 Å². The molecule has 0 aromatic heterocycles. The predicted molar refractivity (Wildman–Crippen MR) is 114 cm³/mol. The summed E-state index contributed by atoms with van der Waals surface area (Å²) in [5.41, 5.74) is 1.80. The van der Waals surface area contributed by atoms with E-state index in [1.807, 2.05) is 17.0 Å². The number of amides is 2. The van der Waals surface area contributed by atoms with Crippen LogP contribution in [-0.2, 0) is 11.2 Å². The molecule has 0 aliphatic carbocycles. The second-order valence-electron chi connectivity index (χ2n) is 7.50. The van der Waals surface area contributed by atoms with Gasteiger partial charge in [0, 0.05) is 23.1 Å². The van der Waals surface area contributed by atoms with E-state index in [9.17, 15) is 9.59 Å². The first-order valence-corrected chi connectivity index (χ1v) is 10.6. The number of carbonyl (C=O) groups excluding carboxylic acids is 2. The number of likely N-dealkylation sites (tertiary alicyclic amines) is 1. The van der Waals surface area contributed by atoms with Crippen LogP contribution in [0.4, 0.5) is 5.69 Å². The maximum absolute atomic E-state index is 13.0. The zero-order valence-corrected chi connectivity index (χ0v) is 17.4. The van der Waals surface area contributed by atoms with E-state index in [1.54, 1.807) is 24.3 Å². The third-order valence-electron chi connectivity index (χ3n) is 5.41. The van der Waals surface area contributed by atoms with Crippen LogP contribution in [0, 0.1) is 5.92 Å². The fourth-order valence-electron chi connectivity index (χ4n) is 3.84. The van der Waals surface area contributed by atoms with Gasteiger partial charge >= 0.3 is 0 Å². The molecule has 2 amide bonds. The SMILES string of the molecule is O=C(Nc1cc(Cl)ccc1C(=O)N1CCCCC1)C1COc2ccc(Cl)cc2C1. The maximum atomic E-state index is 13.0. The Balaban J connectivity index is 1.52. The molecular formula is C22H22Cl2N2O3. The quantitative estimate of drug-likeness (QED) is 0.756. The summed E-state index contributed by atoms with van der Waals surface area (Å²) in [5, 5.41) is 3.98. The molecule has 0 saturated carbocycles. The molecule has 2 aliphatic rings. The molecular weight excluding hydrogens is 411 g/mol. The van der Waals surface area contributed by atoms with E-state index >= 15 is 0 Å². The van der Waals surface area contributed by atoms with E-state index in [1.165, 1.54) is 0 Å². The van der Waals surface area contributed by atoms with Crippen molar-refractivity contribution in [3.05, 3.63) is 57.6 Å². The highest BCUT2D eigenvalue weighted by Crippen LogP contribution is 2.31. The zero-order valence-electron chi connectivity index (χ0n) is 15.9. The van der Waals surface area contributed by atoms with Crippen LogP contribution in [0.5, 0.6) is 5.75 Å². The molecule has 1 atom stereocenters. The number of benzene rings is 2. The van der Waals surface area contributed by atoms with E-state index in [0.29, 0.717) is 27.7 Å². The largest absolute Gasteiger partial charge is 0.492 e. The van der Waals surface area contributed by atoms with Crippen molar-refractivity contribution in [2.24, 2.45) is 5.92 Å². The first-order valence-electron chi connectivity index (χ1n) is 9.82. The number of ether oxygens (including phenoxy) is 1. The highest BCUT2D eigenvalue weighted by molar-refractivity contribution is 6.31. The fraction of sp³-hybridized carbons (Fsp3) is 0.364. The minimum atomic E-state index is -0.377. The third-order valence-corrected chi connectivity index (χ3v) is 5.88. The molecule has 1 N–H and O–H groups in total. The summed E-state index contributed by atoms with van der Waals surface area (Å²) in [7, 11) is 0. The van der Waals surface area contributed by atoms with Gasteiger partial charge in [-0.2, -0.15) is 0 Å². The Hall–Kier alpha value is -2.24. The predicted octanol–water partition coefficient (Wildman–Crippen LogP) is 4.81. The fourth-order valence-corrected chi connectivity index (χ4v) is 4.21. The van der Waals surface area contributed by atoms with Gasteiger partial charge in [0.2, 0.25) is 5.91 Å². The number of hydrogen-bond donors (Lipinski definition) is 1. The van der Waals surface area contributed by atoms with Crippen molar-refractivity contribution < 1.29 is 14.3 Å². The number of nitrogens with one attached hydrogen (secondary N) is 1. The molecule has 5 nitrogen and oxygen atoms in total. The van der Waals surface area contributed by atoms with Crippen LogP contribution in [-0.4, -0.2) is 36.4 Å². The second-order valence-corrected chi connectivity index (χ2v) is 8.37. The van der Waals surface area contributed by atoms with Crippen molar-refractivity contribution in [1.29, 1.82) is 0 Å². The summed E-state index contributed by atoms with van der Waals surface area (Å²) < 4.78 is 5.73. The summed E-state index contributed by atoms with van der Waals surface area (Å²) >= 11 is 12.2. The number of anilines is 1. The Kier molecular flexibility index (Phi) is 5.97. The molecule has 0 radical (unpaired) electrons. The monoisotopic (exact) mass is 432 g/mol. The van der Waals surface area contributed by atoms with Crippen molar-refractivity contribution in [2.75, 3.05) is 25.0 Å². The zero-order chi connectivity index (χ0) is 20.4. The summed E-state index contributed by atoms with van der Waals surface area (Å²) in [6.07, 6.45) is 3.67. The normalized spacial score (nSPS) is 18.6. The van der Waals surface area contributed by atoms with Crippen molar-refractivity contribution in [3.8, 4) is 5.75 Å². The van der Waals surface area contributed by atoms with Crippen LogP contribution in [0.15, 0.2) is 36.4 Å². The number of nitrogens with zero attached hydrogens (tertiary/aromatic N) is 1. The molecule has 2 aliphatic heterocycles. The second kappa shape index (κ2) is 8.64. The number of halogens is 2. The number of hydrogen-bond acceptors (Lipinski definition) is 3. The van der Waals surface area contributed by atoms with Gasteiger partial charge in [-0.1, -0.05) is 23.2 Å². The standard InChI is InChI=1S/C22H22Cl2N2O3/c23-16-5-7-20-14(11-16)10-15(13-29-20)21(27)25-19-12-17(24)4-6-18(19)22(28)26-8-2-1-3-9-26/h4-7,11-12,15H,1-3,8-10,13H2,(H,25,27). The van der Waals surface area contributed by atoms with E-state index < -0.39 is 0 Å². The molecule has 7 heteroatoms. The van der Waals surface area contributed by atoms with Gasteiger partial charge in [-0.05, 0) is 67.6 Å². The number of fused-ring (bicyclic) bond motifs is 1. The molecule has 0 spiro atoms. The highest BCUT2D eigenvalue weighted by atomic mass is 35.5. The van der Waals surface area contributed by atoms with Gasteiger partial charge < -0.3 is 15.0 Å². The smallest absolute Gasteiger partial charge is 0.255 e. The van der Waals surface area contributed by atoms with Crippen LogP contribution in [0.25, 0.3) is 0 Å². The Labute approximate surface area is 179 Å². The van der Waals surface area contributed by atoms with E-state index in [-0.39, 0.29) is 24.3 Å². The Morgan fingerprint density at radius 3 is 2.52 bits per heavy atom. The van der Waals surface area contributed by atoms with Crippen LogP contribution in [0.2, 0.25) is 10.0 Å². The maximum Gasteiger partial charge on any atom is 0.255 e. The summed E-state index contributed by atoms with van der Waals surface area (Å²) in [6.45, 7) is 1.75. The Bertz CT molecular complexity index is 942. The van der Waals surface area contributed by atoms with Crippen molar-refractivity contribution in [2.45, 2.75) is 25.7 Å². The lowest BCUT2D eigenvalue weighted by Crippen LogP contribution is -2.37. The van der Waals surface area contributed by atoms with Crippen LogP contribution in [0.1, 0.15) is 35.2 Å². The summed E-state index contributed by atoms with van der Waals surface area (Å²) in [5.74, 6) is 0.0966. The average Bonchev–Trinajstić information content (AvgIpc) is 2.73. The minimum absolute atomic E-state index is 0.0753. The van der Waals surface area contributed by atoms with Gasteiger partial charge in [0.05, 0.1) is 17.2 Å². The van der Waals surface area contributed by atoms with Gasteiger partial charge in [-0.25, -0.2) is 0 Å². The van der Waals surface area contributed by atoms with Crippen molar-refractivity contribution in [1.82, 2.24) is 4.90 Å². The van der Waals surface area contributed by atoms with Gasteiger partial charge in [-0.15, -0.1) is 0 Å². The molecule has 29 heavy (non-hydrogen) atoms. The summed E-state index contributed by atoms with van der Waals surface area (Å²) in [6, 6.07) is 10.4. The molecule has 2 heterocycles. The summed E-state index contributed by atoms with van der Waals surface area (Å²) in [4.78, 5) is 27.8. The first-order chi connectivity index (χ1) is 14.0. The van der Waals surface area contributed by atoms with Gasteiger partial charge in [-0.3, -0.25) is 9.59 Å². The van der Waals surface area contributed by atoms with Gasteiger partial charge in [0.1, 0.15) is 12.4 Å². The molecule has 1 fully saturated rings. The molecule has 4 rings (SSSR count). The topological polar surface area (TPSA) is 58.6 Å². The van der Waals surface area contributed by atoms with Gasteiger partial charge in [0.15, 0.2) is 0 Å². The molecule has 1 saturated heterocycles. The highest BCUT2D eigenvalue weighted by Gasteiger charge is 2.28. The van der Waals surface area contributed by atoms with Crippen LogP contribution in [0.3, 0.4) is 0 Å². The lowest BCUT2D eigenvalue weighted by Gasteiger charge is -2.28. The lowest BCUT2D eigenvalue weighted by atomic mass is 9.95. The number of rotatable bonds is 3. The minimum Gasteiger partial charge on any atom is -0.492 e. The third kappa shape index (κ3) is 4.51.